The first-order valence-electron chi connectivity index (χ1n) is 13.5. The molecule has 1 aliphatic heterocycles. The minimum absolute atomic E-state index is 0.0558. The van der Waals surface area contributed by atoms with E-state index in [0.717, 1.165) is 18.2 Å². The second-order valence-corrected chi connectivity index (χ2v) is 10.2. The molecule has 5 rings (SSSR count). The Morgan fingerprint density at radius 2 is 1.63 bits per heavy atom. The summed E-state index contributed by atoms with van der Waals surface area (Å²) in [7, 11) is 1.32. The van der Waals surface area contributed by atoms with Crippen LogP contribution >= 0.6 is 0 Å². The minimum Gasteiger partial charge on any atom is -0.508 e. The van der Waals surface area contributed by atoms with Crippen LogP contribution in [0.15, 0.2) is 63.8 Å². The van der Waals surface area contributed by atoms with E-state index in [1.807, 2.05) is 0 Å². The molecule has 15 heteroatoms. The van der Waals surface area contributed by atoms with Crippen molar-refractivity contribution in [2.24, 2.45) is 0 Å². The van der Waals surface area contributed by atoms with E-state index in [2.05, 4.69) is 0 Å². The van der Waals surface area contributed by atoms with Gasteiger partial charge in [-0.25, -0.2) is 4.79 Å². The van der Waals surface area contributed by atoms with Crippen LogP contribution in [0.2, 0.25) is 0 Å². The van der Waals surface area contributed by atoms with Crippen molar-refractivity contribution >= 4 is 23.0 Å². The topological polar surface area (TPSA) is 246 Å². The molecule has 15 nitrogen and oxygen atoms in total. The average Bonchev–Trinajstić information content (AvgIpc) is 3.01. The number of benzene rings is 3. The van der Waals surface area contributed by atoms with Gasteiger partial charge in [0.1, 0.15) is 53.5 Å². The first kappa shape index (κ1) is 31.9. The molecule has 5 unspecified atom stereocenters. The molecule has 4 aromatic rings. The molecule has 2 heterocycles. The van der Waals surface area contributed by atoms with Crippen molar-refractivity contribution in [3.63, 3.8) is 0 Å². The minimum atomic E-state index is -1.95. The van der Waals surface area contributed by atoms with E-state index in [4.69, 9.17) is 23.4 Å². The number of aliphatic hydroxyl groups is 3. The molecule has 46 heavy (non-hydrogen) atoms. The number of fused-ring (bicyclic) bond motifs is 1. The van der Waals surface area contributed by atoms with Crippen LogP contribution in [-0.2, 0) is 14.3 Å². The van der Waals surface area contributed by atoms with E-state index in [-0.39, 0.29) is 34.2 Å². The summed E-state index contributed by atoms with van der Waals surface area (Å²) < 4.78 is 27.3. The summed E-state index contributed by atoms with van der Waals surface area (Å²) in [4.78, 5) is 26.0. The van der Waals surface area contributed by atoms with Gasteiger partial charge in [-0.15, -0.1) is 0 Å². The monoisotopic (exact) mass is 640 g/mol. The number of ether oxygens (including phenoxy) is 4. The normalized spacial score (nSPS) is 21.3. The molecule has 0 spiro atoms. The maximum Gasteiger partial charge on any atom is 0.330 e. The number of phenolic OH excluding ortho intramolecular Hbond substituents is 5. The Balaban J connectivity index is 1.43. The van der Waals surface area contributed by atoms with E-state index < -0.39 is 77.1 Å². The zero-order valence-electron chi connectivity index (χ0n) is 23.8. The highest BCUT2D eigenvalue weighted by Crippen LogP contribution is 2.39. The predicted molar refractivity (Wildman–Crippen MR) is 157 cm³/mol. The lowest BCUT2D eigenvalue weighted by Crippen LogP contribution is -2.60. The third-order valence-electron chi connectivity index (χ3n) is 7.06. The number of hydrogen-bond donors (Lipinski definition) is 8. The number of methoxy groups -OCH3 is 1. The fourth-order valence-corrected chi connectivity index (χ4v) is 4.69. The van der Waals surface area contributed by atoms with E-state index in [1.165, 1.54) is 49.6 Å². The second-order valence-electron chi connectivity index (χ2n) is 10.2. The zero-order chi connectivity index (χ0) is 33.3. The van der Waals surface area contributed by atoms with E-state index in [0.29, 0.717) is 5.56 Å². The lowest BCUT2D eigenvalue weighted by molar-refractivity contribution is -0.278. The Kier molecular flexibility index (Phi) is 8.93. The van der Waals surface area contributed by atoms with Crippen LogP contribution in [-0.4, -0.2) is 91.2 Å². The standard InChI is InChI=1S/C31H28O15/c1-42-20-6-4-14(9-18(20)35)29-30(26(39)24-19(36)10-15(32)11-21(24)44-29)46-31-28(41)27(40)25(38)22(45-31)12-43-23(37)7-3-13-2-5-16(33)17(34)8-13/h2-11,22,25,27-28,31-36,38,40-41H,12H2,1H3. The summed E-state index contributed by atoms with van der Waals surface area (Å²) in [5.41, 5.74) is -0.847. The smallest absolute Gasteiger partial charge is 0.330 e. The molecule has 0 radical (unpaired) electrons. The van der Waals surface area contributed by atoms with Gasteiger partial charge in [-0.2, -0.15) is 0 Å². The lowest BCUT2D eigenvalue weighted by atomic mass is 9.99. The van der Waals surface area contributed by atoms with Gasteiger partial charge in [0.05, 0.1) is 7.11 Å². The van der Waals surface area contributed by atoms with Gasteiger partial charge in [-0.1, -0.05) is 6.07 Å². The molecular formula is C31H28O15. The second kappa shape index (κ2) is 12.9. The van der Waals surface area contributed by atoms with E-state index in [1.54, 1.807) is 0 Å². The molecule has 0 bridgehead atoms. The molecule has 5 atom stereocenters. The molecule has 0 amide bonds. The summed E-state index contributed by atoms with van der Waals surface area (Å²) in [5, 5.41) is 81.0. The number of aromatic hydroxyl groups is 5. The molecule has 1 fully saturated rings. The summed E-state index contributed by atoms with van der Waals surface area (Å²) in [6, 6.07) is 9.69. The van der Waals surface area contributed by atoms with Gasteiger partial charge in [-0.3, -0.25) is 4.79 Å². The van der Waals surface area contributed by atoms with Crippen LogP contribution < -0.4 is 14.9 Å². The van der Waals surface area contributed by atoms with Gasteiger partial charge in [0, 0.05) is 23.8 Å². The number of carbonyl (C=O) groups excluding carboxylic acids is 1. The van der Waals surface area contributed by atoms with Crippen molar-refractivity contribution < 1.29 is 69.0 Å². The number of hydrogen-bond acceptors (Lipinski definition) is 15. The Morgan fingerprint density at radius 3 is 2.33 bits per heavy atom. The quantitative estimate of drug-likeness (QED) is 0.0771. The number of esters is 1. The molecule has 1 aromatic heterocycles. The van der Waals surface area contributed by atoms with Crippen LogP contribution in [0.25, 0.3) is 28.4 Å². The molecule has 0 aliphatic carbocycles. The average molecular weight is 641 g/mol. The van der Waals surface area contributed by atoms with Crippen LogP contribution in [0, 0.1) is 0 Å². The highest BCUT2D eigenvalue weighted by molar-refractivity contribution is 5.88. The molecular weight excluding hydrogens is 612 g/mol. The van der Waals surface area contributed by atoms with Gasteiger partial charge >= 0.3 is 5.97 Å². The largest absolute Gasteiger partial charge is 0.508 e. The van der Waals surface area contributed by atoms with Gasteiger partial charge in [0.15, 0.2) is 28.8 Å². The first-order valence-corrected chi connectivity index (χ1v) is 13.5. The number of aliphatic hydroxyl groups excluding tert-OH is 3. The summed E-state index contributed by atoms with van der Waals surface area (Å²) >= 11 is 0. The Hall–Kier alpha value is -5.48. The van der Waals surface area contributed by atoms with Gasteiger partial charge in [0.2, 0.25) is 17.5 Å². The molecule has 1 saturated heterocycles. The maximum absolute atomic E-state index is 13.6. The summed E-state index contributed by atoms with van der Waals surface area (Å²) in [6.45, 7) is -0.652. The van der Waals surface area contributed by atoms with E-state index >= 15 is 0 Å². The predicted octanol–water partition coefficient (Wildman–Crippen LogP) is 1.44. The van der Waals surface area contributed by atoms with Crippen molar-refractivity contribution in [1.82, 2.24) is 0 Å². The van der Waals surface area contributed by atoms with Crippen LogP contribution in [0.4, 0.5) is 0 Å². The van der Waals surface area contributed by atoms with Gasteiger partial charge in [0.25, 0.3) is 0 Å². The fraction of sp³-hybridized carbons (Fsp3) is 0.226. The zero-order valence-corrected chi connectivity index (χ0v) is 23.8. The van der Waals surface area contributed by atoms with Crippen LogP contribution in [0.3, 0.4) is 0 Å². The number of rotatable bonds is 8. The summed E-state index contributed by atoms with van der Waals surface area (Å²) in [5.74, 6) is -4.04. The highest BCUT2D eigenvalue weighted by atomic mass is 16.7. The van der Waals surface area contributed by atoms with Gasteiger partial charge in [-0.05, 0) is 42.0 Å². The third kappa shape index (κ3) is 6.33. The highest BCUT2D eigenvalue weighted by Gasteiger charge is 2.46. The first-order chi connectivity index (χ1) is 21.9. The van der Waals surface area contributed by atoms with Crippen molar-refractivity contribution in [2.45, 2.75) is 30.7 Å². The van der Waals surface area contributed by atoms with E-state index in [9.17, 15) is 50.4 Å². The Bertz CT molecular complexity index is 1860. The molecule has 3 aromatic carbocycles. The fourth-order valence-electron chi connectivity index (χ4n) is 4.69. The van der Waals surface area contributed by atoms with Crippen molar-refractivity contribution in [1.29, 1.82) is 0 Å². The van der Waals surface area contributed by atoms with Crippen LogP contribution in [0.1, 0.15) is 5.56 Å². The number of phenols is 5. The number of carbonyl (C=O) groups is 1. The molecule has 242 valence electrons. The lowest BCUT2D eigenvalue weighted by Gasteiger charge is -2.39. The Morgan fingerprint density at radius 1 is 0.870 bits per heavy atom. The van der Waals surface area contributed by atoms with Crippen molar-refractivity contribution in [3.8, 4) is 51.6 Å². The van der Waals surface area contributed by atoms with Crippen molar-refractivity contribution in [3.05, 3.63) is 70.4 Å². The molecule has 8 N–H and O–H groups in total. The Labute approximate surface area is 258 Å². The third-order valence-corrected chi connectivity index (χ3v) is 7.06. The van der Waals surface area contributed by atoms with Gasteiger partial charge < -0.3 is 64.2 Å². The van der Waals surface area contributed by atoms with Crippen molar-refractivity contribution in [2.75, 3.05) is 13.7 Å². The molecule has 0 saturated carbocycles. The van der Waals surface area contributed by atoms with Crippen LogP contribution in [0.5, 0.6) is 40.2 Å². The summed E-state index contributed by atoms with van der Waals surface area (Å²) in [6.07, 6.45) is -6.74. The maximum atomic E-state index is 13.6. The SMILES string of the molecule is COc1ccc(-c2oc3cc(O)cc(O)c3c(=O)c2OC2OC(COC(=O)C=Cc3ccc(O)c(O)c3)C(O)C(O)C2O)cc1O. The molecule has 1 aliphatic rings.